The van der Waals surface area contributed by atoms with Gasteiger partial charge in [-0.2, -0.15) is 0 Å². The minimum Gasteiger partial charge on any atom is -0.497 e. The first kappa shape index (κ1) is 18.4. The minimum atomic E-state index is -0.677. The second-order valence-corrected chi connectivity index (χ2v) is 8.12. The van der Waals surface area contributed by atoms with Crippen LogP contribution in [0.5, 0.6) is 5.75 Å². The first-order valence-electron chi connectivity index (χ1n) is 9.68. The Bertz CT molecular complexity index is 916. The van der Waals surface area contributed by atoms with Gasteiger partial charge in [0.1, 0.15) is 17.6 Å². The summed E-state index contributed by atoms with van der Waals surface area (Å²) < 4.78 is 16.4. The zero-order valence-corrected chi connectivity index (χ0v) is 16.7. The number of thiocarbonyl (C=S) groups is 1. The van der Waals surface area contributed by atoms with Crippen LogP contribution in [0.25, 0.3) is 0 Å². The van der Waals surface area contributed by atoms with E-state index in [4.69, 9.17) is 26.1 Å². The number of furan rings is 1. The molecule has 3 aliphatic heterocycles. The summed E-state index contributed by atoms with van der Waals surface area (Å²) in [4.78, 5) is 16.6. The van der Waals surface area contributed by atoms with Crippen molar-refractivity contribution in [2.45, 2.75) is 43.8 Å². The zero-order chi connectivity index (χ0) is 20.1. The van der Waals surface area contributed by atoms with Gasteiger partial charge in [0.15, 0.2) is 5.11 Å². The van der Waals surface area contributed by atoms with Crippen LogP contribution in [0.4, 0.5) is 0 Å². The normalized spacial score (nSPS) is 30.5. The van der Waals surface area contributed by atoms with Gasteiger partial charge in [-0.3, -0.25) is 4.79 Å². The van der Waals surface area contributed by atoms with Crippen LogP contribution in [0, 0.1) is 5.92 Å². The summed E-state index contributed by atoms with van der Waals surface area (Å²) in [5.74, 6) is 0.915. The van der Waals surface area contributed by atoms with Crippen LogP contribution >= 0.6 is 12.2 Å². The van der Waals surface area contributed by atoms with E-state index in [1.165, 1.54) is 0 Å². The standard InChI is InChI=1S/C21H22N2O5S/c1-26-13-6-4-12(5-7-13)10-22-18-17(15-9-16(24)19(18)28-20(15)25)23(21(22)29)11-14-3-2-8-27-14/h2-8,15-19,24H,9-11H2,1H3. The third-order valence-electron chi connectivity index (χ3n) is 6.16. The molecule has 4 aliphatic rings. The van der Waals surface area contributed by atoms with Crippen molar-refractivity contribution >= 4 is 23.3 Å². The Morgan fingerprint density at radius 2 is 1.93 bits per heavy atom. The molecule has 7 nitrogen and oxygen atoms in total. The summed E-state index contributed by atoms with van der Waals surface area (Å²) in [5, 5.41) is 11.2. The van der Waals surface area contributed by atoms with Gasteiger partial charge in [0, 0.05) is 6.54 Å². The summed E-state index contributed by atoms with van der Waals surface area (Å²) in [6, 6.07) is 11.2. The molecule has 152 valence electrons. The van der Waals surface area contributed by atoms with Crippen LogP contribution in [0.15, 0.2) is 47.1 Å². The highest BCUT2D eigenvalue weighted by Gasteiger charge is 2.62. The summed E-state index contributed by atoms with van der Waals surface area (Å²) in [7, 11) is 1.64. The lowest BCUT2D eigenvalue weighted by atomic mass is 9.74. The van der Waals surface area contributed by atoms with Gasteiger partial charge in [-0.25, -0.2) is 0 Å². The number of methoxy groups -OCH3 is 1. The number of benzene rings is 1. The number of aliphatic hydroxyl groups excluding tert-OH is 1. The number of carbonyl (C=O) groups is 1. The van der Waals surface area contributed by atoms with Crippen molar-refractivity contribution in [3.8, 4) is 5.75 Å². The molecule has 1 saturated carbocycles. The van der Waals surface area contributed by atoms with E-state index in [1.54, 1.807) is 13.4 Å². The number of esters is 1. The molecule has 5 atom stereocenters. The number of rotatable bonds is 5. The lowest BCUT2D eigenvalue weighted by Crippen LogP contribution is -2.66. The molecule has 29 heavy (non-hydrogen) atoms. The van der Waals surface area contributed by atoms with Gasteiger partial charge in [0.05, 0.1) is 44.0 Å². The molecule has 0 amide bonds. The molecule has 1 N–H and O–H groups in total. The average molecular weight is 414 g/mol. The highest BCUT2D eigenvalue weighted by Crippen LogP contribution is 2.45. The maximum absolute atomic E-state index is 12.5. The van der Waals surface area contributed by atoms with Gasteiger partial charge in [-0.05, 0) is 48.5 Å². The molecule has 1 aromatic heterocycles. The monoisotopic (exact) mass is 414 g/mol. The predicted molar refractivity (Wildman–Crippen MR) is 107 cm³/mol. The molecular weight excluding hydrogens is 392 g/mol. The Labute approximate surface area is 173 Å². The minimum absolute atomic E-state index is 0.138. The third kappa shape index (κ3) is 2.98. The van der Waals surface area contributed by atoms with Crippen LogP contribution in [-0.4, -0.2) is 57.4 Å². The van der Waals surface area contributed by atoms with E-state index in [1.807, 2.05) is 36.4 Å². The molecule has 3 saturated heterocycles. The average Bonchev–Trinajstić information content (AvgIpc) is 3.33. The molecule has 8 heteroatoms. The first-order chi connectivity index (χ1) is 14.1. The molecule has 2 bridgehead atoms. The molecule has 0 spiro atoms. The number of hydrogen-bond acceptors (Lipinski definition) is 6. The summed E-state index contributed by atoms with van der Waals surface area (Å²) in [6.07, 6.45) is 0.767. The number of aliphatic hydroxyl groups is 1. The molecule has 2 aromatic rings. The summed E-state index contributed by atoms with van der Waals surface area (Å²) in [5.41, 5.74) is 1.06. The smallest absolute Gasteiger partial charge is 0.311 e. The van der Waals surface area contributed by atoms with E-state index in [0.717, 1.165) is 17.1 Å². The van der Waals surface area contributed by atoms with E-state index in [0.29, 0.717) is 24.6 Å². The number of nitrogens with zero attached hydrogens (tertiary/aromatic N) is 2. The predicted octanol–water partition coefficient (Wildman–Crippen LogP) is 1.93. The Kier molecular flexibility index (Phi) is 4.48. The van der Waals surface area contributed by atoms with Crippen molar-refractivity contribution in [2.24, 2.45) is 5.92 Å². The molecule has 0 radical (unpaired) electrons. The van der Waals surface area contributed by atoms with E-state index < -0.39 is 18.1 Å². The molecule has 4 heterocycles. The van der Waals surface area contributed by atoms with E-state index >= 15 is 0 Å². The fraction of sp³-hybridized carbons (Fsp3) is 0.429. The van der Waals surface area contributed by atoms with Crippen molar-refractivity contribution in [3.05, 3.63) is 54.0 Å². The number of hydrogen-bond donors (Lipinski definition) is 1. The Morgan fingerprint density at radius 1 is 1.17 bits per heavy atom. The quantitative estimate of drug-likeness (QED) is 0.588. The molecular formula is C21H22N2O5S. The van der Waals surface area contributed by atoms with Gasteiger partial charge in [-0.15, -0.1) is 0 Å². The lowest BCUT2D eigenvalue weighted by molar-refractivity contribution is -0.199. The largest absolute Gasteiger partial charge is 0.497 e. The highest BCUT2D eigenvalue weighted by atomic mass is 32.1. The van der Waals surface area contributed by atoms with Gasteiger partial charge in [0.25, 0.3) is 0 Å². The number of fused-ring (bicyclic) bond motifs is 2. The fourth-order valence-corrected chi connectivity index (χ4v) is 5.20. The molecule has 1 aromatic carbocycles. The van der Waals surface area contributed by atoms with Crippen LogP contribution in [0.2, 0.25) is 0 Å². The van der Waals surface area contributed by atoms with Crippen molar-refractivity contribution in [2.75, 3.05) is 7.11 Å². The Hall–Kier alpha value is -2.58. The van der Waals surface area contributed by atoms with E-state index in [-0.39, 0.29) is 18.1 Å². The topological polar surface area (TPSA) is 75.4 Å². The van der Waals surface area contributed by atoms with Gasteiger partial charge >= 0.3 is 5.97 Å². The Morgan fingerprint density at radius 3 is 2.62 bits per heavy atom. The van der Waals surface area contributed by atoms with Crippen LogP contribution in [0.1, 0.15) is 17.7 Å². The fourth-order valence-electron chi connectivity index (χ4n) is 4.83. The second-order valence-electron chi connectivity index (χ2n) is 7.76. The van der Waals surface area contributed by atoms with Crippen molar-refractivity contribution in [3.63, 3.8) is 0 Å². The van der Waals surface area contributed by atoms with Crippen molar-refractivity contribution in [1.82, 2.24) is 9.80 Å². The van der Waals surface area contributed by atoms with Crippen LogP contribution in [-0.2, 0) is 22.6 Å². The number of ether oxygens (including phenoxy) is 2. The van der Waals surface area contributed by atoms with Gasteiger partial charge < -0.3 is 28.8 Å². The van der Waals surface area contributed by atoms with Crippen LogP contribution in [0.3, 0.4) is 0 Å². The third-order valence-corrected chi connectivity index (χ3v) is 6.63. The second kappa shape index (κ2) is 7.03. The van der Waals surface area contributed by atoms with E-state index in [9.17, 15) is 9.90 Å². The van der Waals surface area contributed by atoms with Gasteiger partial charge in [0.2, 0.25) is 0 Å². The SMILES string of the molecule is COc1ccc(CN2C(=S)N(Cc3ccco3)C3C4CC(O)C(OC4=O)C32)cc1. The van der Waals surface area contributed by atoms with E-state index in [2.05, 4.69) is 9.80 Å². The van der Waals surface area contributed by atoms with Crippen molar-refractivity contribution < 1.29 is 23.8 Å². The van der Waals surface area contributed by atoms with Crippen LogP contribution < -0.4 is 4.74 Å². The highest BCUT2D eigenvalue weighted by molar-refractivity contribution is 7.80. The maximum atomic E-state index is 12.5. The maximum Gasteiger partial charge on any atom is 0.311 e. The van der Waals surface area contributed by atoms with Gasteiger partial charge in [-0.1, -0.05) is 12.1 Å². The summed E-state index contributed by atoms with van der Waals surface area (Å²) >= 11 is 5.85. The lowest BCUT2D eigenvalue weighted by Gasteiger charge is -2.49. The molecule has 5 unspecified atom stereocenters. The number of carbonyl (C=O) groups excluding carboxylic acids is 1. The summed E-state index contributed by atoms with van der Waals surface area (Å²) in [6.45, 7) is 1.05. The van der Waals surface area contributed by atoms with Crippen molar-refractivity contribution in [1.29, 1.82) is 0 Å². The molecule has 6 rings (SSSR count). The molecule has 4 fully saturated rings. The molecule has 1 aliphatic carbocycles. The first-order valence-corrected chi connectivity index (χ1v) is 10.1. The Balaban J connectivity index is 1.48. The zero-order valence-electron chi connectivity index (χ0n) is 15.9.